The number of ether oxygens (including phenoxy) is 2. The van der Waals surface area contributed by atoms with E-state index in [-0.39, 0.29) is 0 Å². The third kappa shape index (κ3) is 3.89. The molecule has 3 rings (SSSR count). The van der Waals surface area contributed by atoms with Crippen molar-refractivity contribution in [1.82, 2.24) is 0 Å². The topological polar surface area (TPSA) is 64.2 Å². The molecule has 5 nitrogen and oxygen atoms in total. The van der Waals surface area contributed by atoms with Crippen molar-refractivity contribution in [2.24, 2.45) is 16.7 Å². The second-order valence-corrected chi connectivity index (χ2v) is 8.46. The fraction of sp³-hybridized carbons (Fsp3) is 0.667. The molecule has 2 saturated carbocycles. The van der Waals surface area contributed by atoms with Gasteiger partial charge in [0.05, 0.1) is 19.3 Å². The van der Waals surface area contributed by atoms with Crippen LogP contribution in [0.4, 0.5) is 10.5 Å². The van der Waals surface area contributed by atoms with Gasteiger partial charge in [-0.05, 0) is 48.1 Å². The molecule has 0 spiro atoms. The van der Waals surface area contributed by atoms with E-state index in [2.05, 4.69) is 31.4 Å². The van der Waals surface area contributed by atoms with E-state index < -0.39 is 6.09 Å². The van der Waals surface area contributed by atoms with Crippen LogP contribution in [-0.2, 0) is 9.47 Å². The van der Waals surface area contributed by atoms with Crippen molar-refractivity contribution in [2.45, 2.75) is 46.1 Å². The number of anilines is 1. The lowest BCUT2D eigenvalue weighted by Gasteiger charge is -2.38. The molecule has 2 bridgehead atoms. The Morgan fingerprint density at radius 1 is 1.19 bits per heavy atom. The molecule has 26 heavy (non-hydrogen) atoms. The standard InChI is InChI=1S/C21H32N2O3/c1-20(2)16-9-10-21(20,3)18(15-16)25-13-11-22-12-14-26-19(24)23-17-7-5-4-6-8-17/h4-8,16,18,22H,9-15H2,1-3H3,(H,23,24)/p+1/t16-,18-,21-/m1/s1. The number of rotatable bonds is 8. The average molecular weight is 362 g/mol. The molecule has 0 aromatic heterocycles. The number of benzene rings is 1. The molecule has 5 heteroatoms. The summed E-state index contributed by atoms with van der Waals surface area (Å²) in [6.07, 6.45) is 3.86. The second kappa shape index (κ2) is 7.97. The predicted molar refractivity (Wildman–Crippen MR) is 102 cm³/mol. The summed E-state index contributed by atoms with van der Waals surface area (Å²) in [5.41, 5.74) is 1.48. The minimum atomic E-state index is -0.405. The summed E-state index contributed by atoms with van der Waals surface area (Å²) in [6, 6.07) is 9.33. The Morgan fingerprint density at radius 3 is 2.58 bits per heavy atom. The van der Waals surface area contributed by atoms with Gasteiger partial charge in [-0.2, -0.15) is 0 Å². The molecule has 2 fully saturated rings. The number of carbonyl (C=O) groups is 1. The summed E-state index contributed by atoms with van der Waals surface area (Å²) >= 11 is 0. The Balaban J connectivity index is 1.25. The lowest BCUT2D eigenvalue weighted by molar-refractivity contribution is -0.657. The molecule has 3 atom stereocenters. The third-order valence-corrected chi connectivity index (χ3v) is 6.93. The molecule has 1 aromatic carbocycles. The maximum absolute atomic E-state index is 11.7. The van der Waals surface area contributed by atoms with Crippen LogP contribution in [0.2, 0.25) is 0 Å². The maximum atomic E-state index is 11.7. The van der Waals surface area contributed by atoms with Crippen LogP contribution in [0.3, 0.4) is 0 Å². The highest BCUT2D eigenvalue weighted by Gasteiger charge is 2.61. The molecule has 2 aliphatic carbocycles. The van der Waals surface area contributed by atoms with Crippen LogP contribution in [0.1, 0.15) is 40.0 Å². The van der Waals surface area contributed by atoms with E-state index in [4.69, 9.17) is 9.47 Å². The van der Waals surface area contributed by atoms with Crippen LogP contribution < -0.4 is 10.6 Å². The third-order valence-electron chi connectivity index (χ3n) is 6.93. The van der Waals surface area contributed by atoms with Crippen molar-refractivity contribution in [1.29, 1.82) is 0 Å². The van der Waals surface area contributed by atoms with Crippen molar-refractivity contribution in [2.75, 3.05) is 31.6 Å². The van der Waals surface area contributed by atoms with Gasteiger partial charge in [0.15, 0.2) is 0 Å². The lowest BCUT2D eigenvalue weighted by Crippen LogP contribution is -2.86. The van der Waals surface area contributed by atoms with Gasteiger partial charge in [-0.3, -0.25) is 5.32 Å². The minimum Gasteiger partial charge on any atom is -0.443 e. The molecule has 2 aliphatic rings. The Morgan fingerprint density at radius 2 is 1.92 bits per heavy atom. The van der Waals surface area contributed by atoms with Gasteiger partial charge in [-0.15, -0.1) is 0 Å². The van der Waals surface area contributed by atoms with E-state index in [1.165, 1.54) is 19.3 Å². The number of hydrogen-bond acceptors (Lipinski definition) is 3. The number of para-hydroxylation sites is 1. The smallest absolute Gasteiger partial charge is 0.411 e. The van der Waals surface area contributed by atoms with Gasteiger partial charge in [0.25, 0.3) is 0 Å². The van der Waals surface area contributed by atoms with Crippen LogP contribution in [-0.4, -0.2) is 38.5 Å². The van der Waals surface area contributed by atoms with Gasteiger partial charge in [-0.1, -0.05) is 39.0 Å². The first-order valence-corrected chi connectivity index (χ1v) is 9.85. The van der Waals surface area contributed by atoms with Crippen LogP contribution in [0.25, 0.3) is 0 Å². The van der Waals surface area contributed by atoms with Crippen molar-refractivity contribution in [3.8, 4) is 0 Å². The van der Waals surface area contributed by atoms with Gasteiger partial charge in [0, 0.05) is 5.69 Å². The van der Waals surface area contributed by atoms with Crippen molar-refractivity contribution in [3.63, 3.8) is 0 Å². The minimum absolute atomic E-state index is 0.330. The molecule has 3 N–H and O–H groups in total. The largest absolute Gasteiger partial charge is 0.443 e. The van der Waals surface area contributed by atoms with Crippen LogP contribution in [0.5, 0.6) is 0 Å². The molecule has 144 valence electrons. The number of nitrogens with two attached hydrogens (primary N) is 1. The highest BCUT2D eigenvalue weighted by atomic mass is 16.5. The SMILES string of the molecule is CC1(C)[C@@H]2CC[C@]1(C)[C@H](OCC[NH2+]CCOC(=O)Nc1ccccc1)C2. The van der Waals surface area contributed by atoms with E-state index >= 15 is 0 Å². The first-order valence-electron chi connectivity index (χ1n) is 9.85. The number of hydrogen-bond donors (Lipinski definition) is 2. The molecule has 1 aromatic rings. The van der Waals surface area contributed by atoms with Crippen molar-refractivity contribution < 1.29 is 19.6 Å². The molecule has 0 aliphatic heterocycles. The number of fused-ring (bicyclic) bond motifs is 2. The first-order chi connectivity index (χ1) is 12.4. The van der Waals surface area contributed by atoms with Crippen LogP contribution in [0, 0.1) is 16.7 Å². The molecule has 0 saturated heterocycles. The maximum Gasteiger partial charge on any atom is 0.411 e. The summed E-state index contributed by atoms with van der Waals surface area (Å²) in [6.45, 7) is 10.1. The molecule has 0 unspecified atom stereocenters. The average Bonchev–Trinajstić information content (AvgIpc) is 2.95. The van der Waals surface area contributed by atoms with Crippen LogP contribution in [0.15, 0.2) is 30.3 Å². The van der Waals surface area contributed by atoms with Gasteiger partial charge in [-0.25, -0.2) is 4.79 Å². The fourth-order valence-electron chi connectivity index (χ4n) is 4.73. The lowest BCUT2D eigenvalue weighted by atomic mass is 9.70. The summed E-state index contributed by atoms with van der Waals surface area (Å²) in [7, 11) is 0. The number of amides is 1. The zero-order valence-corrected chi connectivity index (χ0v) is 16.3. The molecule has 1 amide bonds. The normalized spacial score (nSPS) is 28.9. The molecule has 0 radical (unpaired) electrons. The van der Waals surface area contributed by atoms with E-state index in [1.807, 2.05) is 30.3 Å². The Bertz CT molecular complexity index is 605. The van der Waals surface area contributed by atoms with Crippen molar-refractivity contribution in [3.05, 3.63) is 30.3 Å². The monoisotopic (exact) mass is 361 g/mol. The highest BCUT2D eigenvalue weighted by Crippen LogP contribution is 2.66. The summed E-state index contributed by atoms with van der Waals surface area (Å²) in [5.74, 6) is 0.818. The van der Waals surface area contributed by atoms with E-state index in [0.29, 0.717) is 23.5 Å². The van der Waals surface area contributed by atoms with Gasteiger partial charge in [0.1, 0.15) is 13.2 Å². The summed E-state index contributed by atoms with van der Waals surface area (Å²) < 4.78 is 11.4. The van der Waals surface area contributed by atoms with E-state index in [9.17, 15) is 4.79 Å². The Hall–Kier alpha value is -1.59. The second-order valence-electron chi connectivity index (χ2n) is 8.46. The Kier molecular flexibility index (Phi) is 5.88. The number of nitrogens with one attached hydrogen (secondary N) is 1. The summed E-state index contributed by atoms with van der Waals surface area (Å²) in [4.78, 5) is 11.7. The van der Waals surface area contributed by atoms with E-state index in [0.717, 1.165) is 31.3 Å². The van der Waals surface area contributed by atoms with E-state index in [1.54, 1.807) is 0 Å². The predicted octanol–water partition coefficient (Wildman–Crippen LogP) is 3.03. The fourth-order valence-corrected chi connectivity index (χ4v) is 4.73. The molecule has 0 heterocycles. The van der Waals surface area contributed by atoms with Gasteiger partial charge >= 0.3 is 6.09 Å². The Labute approximate surface area is 156 Å². The van der Waals surface area contributed by atoms with Crippen LogP contribution >= 0.6 is 0 Å². The number of carbonyl (C=O) groups excluding carboxylic acids is 1. The highest BCUT2D eigenvalue weighted by molar-refractivity contribution is 5.84. The van der Waals surface area contributed by atoms with Gasteiger partial charge in [0.2, 0.25) is 0 Å². The number of quaternary nitrogens is 1. The molecular formula is C21H33N2O3+. The quantitative estimate of drug-likeness (QED) is 0.700. The first kappa shape index (κ1) is 19.2. The zero-order valence-electron chi connectivity index (χ0n) is 16.3. The zero-order chi connectivity index (χ0) is 18.6. The summed E-state index contributed by atoms with van der Waals surface area (Å²) in [5, 5.41) is 4.86. The molecular weight excluding hydrogens is 328 g/mol. The van der Waals surface area contributed by atoms with Crippen molar-refractivity contribution >= 4 is 11.8 Å². The van der Waals surface area contributed by atoms with Gasteiger partial charge < -0.3 is 14.8 Å².